The molecule has 2 heteroatoms. The van der Waals surface area contributed by atoms with Crippen molar-refractivity contribution in [3.05, 3.63) is 190 Å². The molecule has 7 aromatic carbocycles. The summed E-state index contributed by atoms with van der Waals surface area (Å²) < 4.78 is 0. The average molecular weight is 815 g/mol. The van der Waals surface area contributed by atoms with Crippen LogP contribution in [-0.4, -0.2) is 0 Å². The first-order valence-electron chi connectivity index (χ1n) is 22.6. The molecular weight excluding hydrogens is 749 g/mol. The Labute approximate surface area is 372 Å². The molecule has 0 spiro atoms. The van der Waals surface area contributed by atoms with E-state index >= 15 is 0 Å². The largest absolute Gasteiger partial charge is 0.309 e. The van der Waals surface area contributed by atoms with Crippen molar-refractivity contribution in [1.82, 2.24) is 0 Å². The number of fused-ring (bicyclic) bond motifs is 2. The average Bonchev–Trinajstić information content (AvgIpc) is 3.24. The van der Waals surface area contributed by atoms with Crippen LogP contribution in [0.3, 0.4) is 0 Å². The lowest BCUT2D eigenvalue weighted by atomic mass is 9.85. The van der Waals surface area contributed by atoms with Crippen molar-refractivity contribution in [3.8, 4) is 0 Å². The molecule has 0 bridgehead atoms. The molecule has 0 saturated heterocycles. The molecule has 0 fully saturated rings. The highest BCUT2D eigenvalue weighted by Gasteiger charge is 2.28. The highest BCUT2D eigenvalue weighted by Crippen LogP contribution is 2.44. The third-order valence-corrected chi connectivity index (χ3v) is 12.8. The Morgan fingerprint density at radius 3 is 0.984 bits per heavy atom. The predicted molar refractivity (Wildman–Crippen MR) is 270 cm³/mol. The fraction of sp³-hybridized carbons (Fsp3) is 0.300. The first-order chi connectivity index (χ1) is 29.3. The highest BCUT2D eigenvalue weighted by atomic mass is 15.2. The fourth-order valence-electron chi connectivity index (χ4n) is 9.00. The summed E-state index contributed by atoms with van der Waals surface area (Å²) in [4.78, 5) is 5.06. The molecular formula is C60H66N2. The second-order valence-electron chi connectivity index (χ2n) is 21.6. The van der Waals surface area contributed by atoms with Crippen LogP contribution < -0.4 is 20.2 Å². The minimum atomic E-state index is 0.0382. The van der Waals surface area contributed by atoms with Crippen LogP contribution in [0.4, 0.5) is 34.1 Å². The smallest absolute Gasteiger partial charge is 0.0616 e. The summed E-state index contributed by atoms with van der Waals surface area (Å²) in [5.41, 5.74) is 13.8. The Balaban J connectivity index is 1.49. The predicted octanol–water partition coefficient (Wildman–Crippen LogP) is 15.7. The van der Waals surface area contributed by atoms with Crippen molar-refractivity contribution < 1.29 is 0 Å². The minimum Gasteiger partial charge on any atom is -0.309 e. The lowest BCUT2D eigenvalue weighted by molar-refractivity contribution is 0.590. The third kappa shape index (κ3) is 8.50. The summed E-state index contributed by atoms with van der Waals surface area (Å²) in [5, 5.41) is 4.93. The lowest BCUT2D eigenvalue weighted by Crippen LogP contribution is -2.37. The van der Waals surface area contributed by atoms with Gasteiger partial charge in [0.25, 0.3) is 0 Å². The molecule has 0 N–H and O–H groups in total. The summed E-state index contributed by atoms with van der Waals surface area (Å²) in [6.45, 7) is 27.5. The second-order valence-corrected chi connectivity index (χ2v) is 21.6. The molecule has 0 aromatic heterocycles. The Kier molecular flexibility index (Phi) is 11.1. The van der Waals surface area contributed by atoms with Crippen LogP contribution in [0.1, 0.15) is 123 Å². The Bertz CT molecular complexity index is 2690. The van der Waals surface area contributed by atoms with Crippen molar-refractivity contribution in [3.63, 3.8) is 0 Å². The summed E-state index contributed by atoms with van der Waals surface area (Å²) >= 11 is 0. The van der Waals surface area contributed by atoms with E-state index in [0.29, 0.717) is 0 Å². The van der Waals surface area contributed by atoms with E-state index in [-0.39, 0.29) is 27.6 Å². The number of anilines is 6. The molecule has 1 aliphatic rings. The van der Waals surface area contributed by atoms with Gasteiger partial charge in [0.1, 0.15) is 0 Å². The molecule has 0 amide bonds. The van der Waals surface area contributed by atoms with E-state index in [0.717, 1.165) is 29.2 Å². The van der Waals surface area contributed by atoms with Crippen molar-refractivity contribution >= 4 is 57.0 Å². The number of rotatable bonds is 7. The van der Waals surface area contributed by atoms with Gasteiger partial charge in [-0.15, -0.1) is 0 Å². The zero-order valence-electron chi connectivity index (χ0n) is 39.3. The third-order valence-electron chi connectivity index (χ3n) is 12.8. The van der Waals surface area contributed by atoms with Gasteiger partial charge in [-0.2, -0.15) is 0 Å². The molecule has 0 saturated carbocycles. The zero-order valence-corrected chi connectivity index (χ0v) is 39.3. The molecule has 1 atom stereocenters. The fourth-order valence-corrected chi connectivity index (χ4v) is 9.00. The summed E-state index contributed by atoms with van der Waals surface area (Å²) in [6.07, 6.45) is 6.00. The Morgan fingerprint density at radius 2 is 0.661 bits per heavy atom. The van der Waals surface area contributed by atoms with Gasteiger partial charge in [0.2, 0.25) is 0 Å². The molecule has 62 heavy (non-hydrogen) atoms. The number of hydrogen-bond acceptors (Lipinski definition) is 2. The summed E-state index contributed by atoms with van der Waals surface area (Å²) in [5.74, 6) is 0.218. The topological polar surface area (TPSA) is 6.48 Å². The second kappa shape index (κ2) is 16.1. The van der Waals surface area contributed by atoms with Gasteiger partial charge in [-0.25, -0.2) is 0 Å². The van der Waals surface area contributed by atoms with Crippen LogP contribution in [0.2, 0.25) is 0 Å². The van der Waals surface area contributed by atoms with E-state index in [2.05, 4.69) is 257 Å². The molecule has 316 valence electrons. The van der Waals surface area contributed by atoms with Crippen LogP contribution in [0.5, 0.6) is 0 Å². The normalized spacial score (nSPS) is 14.5. The van der Waals surface area contributed by atoms with E-state index < -0.39 is 0 Å². The number of hydrogen-bond donors (Lipinski definition) is 0. The Hall–Kier alpha value is -5.86. The number of benzene rings is 7. The molecule has 2 nitrogen and oxygen atoms in total. The highest BCUT2D eigenvalue weighted by molar-refractivity contribution is 6.08. The van der Waals surface area contributed by atoms with Gasteiger partial charge in [0, 0.05) is 49.9 Å². The van der Waals surface area contributed by atoms with E-state index in [4.69, 9.17) is 0 Å². The number of nitrogens with zero attached hydrogens (tertiary/aromatic N) is 2. The molecule has 0 heterocycles. The molecule has 8 rings (SSSR count). The van der Waals surface area contributed by atoms with E-state index in [9.17, 15) is 0 Å². The van der Waals surface area contributed by atoms with Gasteiger partial charge in [0.15, 0.2) is 0 Å². The SMILES string of the molecule is CC(C)(C)c1ccc(N(c2ccc(C(C)(C)C)cc2)c2c3c(c(N(c4ccc(C(C)(C)C)cc4)c4ccc(C(C)(C)C)cc4)c4ccccc24)=CC(c2ccccc2)CC=3)cc1. The molecule has 0 aliphatic heterocycles. The van der Waals surface area contributed by atoms with Crippen LogP contribution in [0, 0.1) is 0 Å². The van der Waals surface area contributed by atoms with Gasteiger partial charge in [0.05, 0.1) is 11.4 Å². The lowest BCUT2D eigenvalue weighted by Gasteiger charge is -2.34. The molecule has 1 aliphatic carbocycles. The zero-order chi connectivity index (χ0) is 44.2. The summed E-state index contributed by atoms with van der Waals surface area (Å²) in [7, 11) is 0. The van der Waals surface area contributed by atoms with Crippen molar-refractivity contribution in [2.24, 2.45) is 0 Å². The first kappa shape index (κ1) is 42.8. The maximum absolute atomic E-state index is 2.57. The molecule has 0 radical (unpaired) electrons. The van der Waals surface area contributed by atoms with Crippen molar-refractivity contribution in [2.45, 2.75) is 117 Å². The van der Waals surface area contributed by atoms with E-state index in [1.807, 2.05) is 0 Å². The van der Waals surface area contributed by atoms with Crippen LogP contribution >= 0.6 is 0 Å². The maximum Gasteiger partial charge on any atom is 0.0616 e. The van der Waals surface area contributed by atoms with Gasteiger partial charge >= 0.3 is 0 Å². The van der Waals surface area contributed by atoms with Gasteiger partial charge in [-0.3, -0.25) is 0 Å². The maximum atomic E-state index is 2.57. The molecule has 1 unspecified atom stereocenters. The van der Waals surface area contributed by atoms with Crippen molar-refractivity contribution in [2.75, 3.05) is 9.80 Å². The summed E-state index contributed by atoms with van der Waals surface area (Å²) in [6, 6.07) is 57.3. The van der Waals surface area contributed by atoms with E-state index in [1.54, 1.807) is 0 Å². The first-order valence-corrected chi connectivity index (χ1v) is 22.6. The van der Waals surface area contributed by atoms with Crippen LogP contribution in [0.25, 0.3) is 22.9 Å². The van der Waals surface area contributed by atoms with Gasteiger partial charge < -0.3 is 9.80 Å². The van der Waals surface area contributed by atoms with Gasteiger partial charge in [-0.1, -0.05) is 198 Å². The van der Waals surface area contributed by atoms with Crippen LogP contribution in [-0.2, 0) is 21.7 Å². The molecule has 7 aromatic rings. The van der Waals surface area contributed by atoms with Crippen molar-refractivity contribution in [1.29, 1.82) is 0 Å². The van der Waals surface area contributed by atoms with Gasteiger partial charge in [-0.05, 0) is 104 Å². The van der Waals surface area contributed by atoms with E-state index in [1.165, 1.54) is 60.4 Å². The quantitative estimate of drug-likeness (QED) is 0.148. The van der Waals surface area contributed by atoms with Crippen LogP contribution in [0.15, 0.2) is 152 Å². The Morgan fingerprint density at radius 1 is 0.355 bits per heavy atom. The standard InChI is InChI=1S/C60H66N2/c1-57(2,3)43-23-31-47(32-24-43)61(48-33-25-44(26-34-48)58(4,5)6)55-51-20-16-17-21-52(51)56(54-40-42(22-39-53(54)55)41-18-14-13-15-19-41)62(49-35-27-45(28-36-49)59(7,8)9)50-37-29-46(30-38-50)60(10,11)12/h13-21,23-40,42H,22H2,1-12H3. The minimum absolute atomic E-state index is 0.0382. The monoisotopic (exact) mass is 815 g/mol.